The monoisotopic (exact) mass is 578 g/mol. The summed E-state index contributed by atoms with van der Waals surface area (Å²) in [6.45, 7) is 5.14. The second-order valence-electron chi connectivity index (χ2n) is 11.2. The van der Waals surface area contributed by atoms with E-state index in [0.29, 0.717) is 45.4 Å². The highest BCUT2D eigenvalue weighted by Gasteiger charge is 2.34. The fraction of sp³-hybridized carbons (Fsp3) is 0.273. The molecule has 2 aromatic carbocycles. The molecule has 7 rings (SSSR count). The number of aryl methyl sites for hydroxylation is 2. The Kier molecular flexibility index (Phi) is 6.55. The highest BCUT2D eigenvalue weighted by atomic mass is 19.1. The minimum absolute atomic E-state index is 0.0263. The zero-order chi connectivity index (χ0) is 29.8. The van der Waals surface area contributed by atoms with Crippen LogP contribution in [0.3, 0.4) is 0 Å². The fourth-order valence-electron chi connectivity index (χ4n) is 6.31. The predicted molar refractivity (Wildman–Crippen MR) is 160 cm³/mol. The maximum atomic E-state index is 16.9. The van der Waals surface area contributed by atoms with Gasteiger partial charge in [0.25, 0.3) is 0 Å². The molecule has 2 unspecified atom stereocenters. The van der Waals surface area contributed by atoms with Gasteiger partial charge in [0.05, 0.1) is 5.56 Å². The minimum Gasteiger partial charge on any atom is -0.508 e. The molecule has 2 atom stereocenters. The van der Waals surface area contributed by atoms with Gasteiger partial charge in [-0.1, -0.05) is 12.0 Å². The highest BCUT2D eigenvalue weighted by molar-refractivity contribution is 6.04. The lowest BCUT2D eigenvalue weighted by molar-refractivity contribution is 0.291. The number of phenolic OH excluding ortho intramolecular Hbond substituents is 1. The van der Waals surface area contributed by atoms with Crippen molar-refractivity contribution in [2.45, 2.75) is 45.4 Å². The first-order chi connectivity index (χ1) is 20.8. The molecule has 2 bridgehead atoms. The van der Waals surface area contributed by atoms with Crippen molar-refractivity contribution in [3.05, 3.63) is 77.0 Å². The number of benzene rings is 2. The Morgan fingerprint density at radius 3 is 2.51 bits per heavy atom. The third-order valence-corrected chi connectivity index (χ3v) is 8.34. The molecule has 0 amide bonds. The van der Waals surface area contributed by atoms with Crippen LogP contribution in [0.5, 0.6) is 11.6 Å². The van der Waals surface area contributed by atoms with Crippen LogP contribution < -0.4 is 15.0 Å². The van der Waals surface area contributed by atoms with E-state index in [1.54, 1.807) is 32.4 Å². The number of hydrogen-bond acceptors (Lipinski definition) is 8. The lowest BCUT2D eigenvalue weighted by Crippen LogP contribution is -2.51. The quantitative estimate of drug-likeness (QED) is 0.270. The topological polar surface area (TPSA) is 96.3 Å². The number of anilines is 1. The summed E-state index contributed by atoms with van der Waals surface area (Å²) in [5.41, 5.74) is 1.34. The number of piperazine rings is 1. The van der Waals surface area contributed by atoms with E-state index in [-0.39, 0.29) is 40.4 Å². The normalized spacial score (nSPS) is 17.9. The average molecular weight is 579 g/mol. The molecular formula is C33H28F2N6O2. The van der Waals surface area contributed by atoms with Gasteiger partial charge in [0, 0.05) is 76.6 Å². The molecule has 2 saturated heterocycles. The first kappa shape index (κ1) is 27.0. The third-order valence-electron chi connectivity index (χ3n) is 8.34. The number of nitrogens with one attached hydrogen (secondary N) is 1. The Morgan fingerprint density at radius 2 is 1.79 bits per heavy atom. The van der Waals surface area contributed by atoms with E-state index in [9.17, 15) is 9.50 Å². The SMILES string of the molecule is C#Cc1c(F)ccc2cc(O)cc(-c3ncc4c(N5CC6CCC(C5)N6)nc(OCc5cnc(C)nc5)c(C)c4c3F)c12. The number of terminal acetylenes is 1. The molecule has 0 spiro atoms. The number of aromatic hydroxyl groups is 1. The van der Waals surface area contributed by atoms with Gasteiger partial charge < -0.3 is 20.1 Å². The van der Waals surface area contributed by atoms with Crippen molar-refractivity contribution in [3.8, 4) is 35.2 Å². The summed E-state index contributed by atoms with van der Waals surface area (Å²) >= 11 is 0. The number of pyridine rings is 2. The lowest BCUT2D eigenvalue weighted by Gasteiger charge is -2.34. The van der Waals surface area contributed by atoms with E-state index >= 15 is 4.39 Å². The molecule has 2 aliphatic heterocycles. The maximum absolute atomic E-state index is 16.9. The summed E-state index contributed by atoms with van der Waals surface area (Å²) in [6.07, 6.45) is 12.8. The van der Waals surface area contributed by atoms with Crippen molar-refractivity contribution >= 4 is 27.4 Å². The smallest absolute Gasteiger partial charge is 0.219 e. The van der Waals surface area contributed by atoms with Crippen LogP contribution in [0.25, 0.3) is 32.8 Å². The highest BCUT2D eigenvalue weighted by Crippen LogP contribution is 2.41. The van der Waals surface area contributed by atoms with Crippen molar-refractivity contribution in [1.82, 2.24) is 25.3 Å². The molecule has 43 heavy (non-hydrogen) atoms. The van der Waals surface area contributed by atoms with Crippen LogP contribution in [0.1, 0.15) is 35.4 Å². The molecule has 2 aliphatic rings. The number of rotatable bonds is 5. The molecule has 8 nitrogen and oxygen atoms in total. The molecule has 10 heteroatoms. The molecule has 216 valence electrons. The van der Waals surface area contributed by atoms with Gasteiger partial charge in [-0.15, -0.1) is 6.42 Å². The summed E-state index contributed by atoms with van der Waals surface area (Å²) in [4.78, 5) is 20.1. The Hall–Kier alpha value is -4.88. The number of fused-ring (bicyclic) bond motifs is 4. The first-order valence-corrected chi connectivity index (χ1v) is 14.1. The van der Waals surface area contributed by atoms with E-state index in [1.165, 1.54) is 24.3 Å². The molecular weight excluding hydrogens is 550 g/mol. The van der Waals surface area contributed by atoms with Crippen LogP contribution >= 0.6 is 0 Å². The van der Waals surface area contributed by atoms with E-state index in [2.05, 4.69) is 31.1 Å². The van der Waals surface area contributed by atoms with Crippen LogP contribution in [0.2, 0.25) is 0 Å². The number of nitrogens with zero attached hydrogens (tertiary/aromatic N) is 5. The van der Waals surface area contributed by atoms with Gasteiger partial charge in [-0.2, -0.15) is 4.98 Å². The van der Waals surface area contributed by atoms with Crippen molar-refractivity contribution < 1.29 is 18.6 Å². The van der Waals surface area contributed by atoms with Crippen molar-refractivity contribution in [2.24, 2.45) is 0 Å². The Labute approximate surface area is 246 Å². The van der Waals surface area contributed by atoms with Crippen molar-refractivity contribution in [3.63, 3.8) is 0 Å². The lowest BCUT2D eigenvalue weighted by atomic mass is 9.95. The third kappa shape index (κ3) is 4.66. The minimum atomic E-state index is -0.639. The predicted octanol–water partition coefficient (Wildman–Crippen LogP) is 5.34. The van der Waals surface area contributed by atoms with Crippen molar-refractivity contribution in [2.75, 3.05) is 18.0 Å². The molecule has 0 saturated carbocycles. The largest absolute Gasteiger partial charge is 0.508 e. The van der Waals surface area contributed by atoms with Gasteiger partial charge in [-0.25, -0.2) is 18.7 Å². The second-order valence-corrected chi connectivity index (χ2v) is 11.2. The van der Waals surface area contributed by atoms with Crippen LogP contribution in [-0.2, 0) is 6.61 Å². The Balaban J connectivity index is 1.43. The summed E-state index contributed by atoms with van der Waals surface area (Å²) in [6, 6.07) is 6.19. The van der Waals surface area contributed by atoms with Crippen LogP contribution in [-0.4, -0.2) is 50.2 Å². The molecule has 2 N–H and O–H groups in total. The number of hydrogen-bond donors (Lipinski definition) is 2. The van der Waals surface area contributed by atoms with Crippen molar-refractivity contribution in [1.29, 1.82) is 0 Å². The Morgan fingerprint density at radius 1 is 1.05 bits per heavy atom. The standard InChI is InChI=1S/C33H28F2N6O2/c1-4-24-27(34)8-5-20-9-23(42)10-25(29(20)24)31-30(35)28-17(2)33(43-16-19-11-36-18(3)37-12-19)40-32(26(28)13-38-31)41-14-21-6-7-22(15-41)39-21/h1,5,8-13,21-22,39,42H,6-7,14-16H2,2-3H3. The van der Waals surface area contributed by atoms with E-state index in [4.69, 9.17) is 16.1 Å². The van der Waals surface area contributed by atoms with Gasteiger partial charge in [0.2, 0.25) is 5.88 Å². The first-order valence-electron chi connectivity index (χ1n) is 14.1. The van der Waals surface area contributed by atoms with Gasteiger partial charge in [-0.05, 0) is 50.3 Å². The summed E-state index contributed by atoms with van der Waals surface area (Å²) < 4.78 is 37.9. The maximum Gasteiger partial charge on any atom is 0.219 e. The Bertz CT molecular complexity index is 1950. The van der Waals surface area contributed by atoms with Gasteiger partial charge in [-0.3, -0.25) is 4.98 Å². The summed E-state index contributed by atoms with van der Waals surface area (Å²) in [5, 5.41) is 15.7. The molecule has 3 aromatic heterocycles. The molecule has 0 radical (unpaired) electrons. The average Bonchev–Trinajstić information content (AvgIpc) is 3.34. The number of phenols is 1. The molecule has 2 fully saturated rings. The second kappa shape index (κ2) is 10.4. The van der Waals surface area contributed by atoms with E-state index in [0.717, 1.165) is 31.5 Å². The van der Waals surface area contributed by atoms with Gasteiger partial charge >= 0.3 is 0 Å². The molecule has 0 aliphatic carbocycles. The van der Waals surface area contributed by atoms with Crippen LogP contribution in [0.15, 0.2) is 42.9 Å². The molecule has 5 aromatic rings. The zero-order valence-electron chi connectivity index (χ0n) is 23.7. The van der Waals surface area contributed by atoms with Crippen LogP contribution in [0, 0.1) is 37.8 Å². The number of halogens is 2. The number of aromatic nitrogens is 4. The summed E-state index contributed by atoms with van der Waals surface area (Å²) in [5.74, 6) is 2.52. The van der Waals surface area contributed by atoms with Crippen LogP contribution in [0.4, 0.5) is 14.6 Å². The van der Waals surface area contributed by atoms with Gasteiger partial charge in [0.15, 0.2) is 5.82 Å². The van der Waals surface area contributed by atoms with E-state index in [1.807, 2.05) is 0 Å². The fourth-order valence-corrected chi connectivity index (χ4v) is 6.31. The zero-order valence-corrected chi connectivity index (χ0v) is 23.7. The van der Waals surface area contributed by atoms with E-state index < -0.39 is 11.6 Å². The van der Waals surface area contributed by atoms with Gasteiger partial charge in [0.1, 0.15) is 35.5 Å². The summed E-state index contributed by atoms with van der Waals surface area (Å²) in [7, 11) is 0. The molecule has 5 heterocycles. The number of ether oxygens (including phenoxy) is 1.